The molecule has 2 rings (SSSR count). The summed E-state index contributed by atoms with van der Waals surface area (Å²) in [5.41, 5.74) is 5.60. The highest BCUT2D eigenvalue weighted by molar-refractivity contribution is 7.80. The highest BCUT2D eigenvalue weighted by Crippen LogP contribution is 2.22. The van der Waals surface area contributed by atoms with Gasteiger partial charge in [-0.25, -0.2) is 13.2 Å². The van der Waals surface area contributed by atoms with Gasteiger partial charge in [0.25, 0.3) is 0 Å². The summed E-state index contributed by atoms with van der Waals surface area (Å²) in [6, 6.07) is 6.92. The quantitative estimate of drug-likeness (QED) is 0.846. The van der Waals surface area contributed by atoms with Gasteiger partial charge in [-0.1, -0.05) is 12.2 Å². The Morgan fingerprint density at radius 2 is 1.74 bits per heavy atom. The van der Waals surface area contributed by atoms with Gasteiger partial charge in [0, 0.05) is 17.3 Å². The van der Waals surface area contributed by atoms with E-state index in [9.17, 15) is 13.2 Å². The molecule has 0 aliphatic carbocycles. The number of anilines is 2. The van der Waals surface area contributed by atoms with Gasteiger partial charge in [0.15, 0.2) is 0 Å². The summed E-state index contributed by atoms with van der Waals surface area (Å²) in [4.78, 5) is -0.0685. The fourth-order valence-electron chi connectivity index (χ4n) is 1.54. The van der Waals surface area contributed by atoms with Crippen LogP contribution in [0.5, 0.6) is 0 Å². The highest BCUT2D eigenvalue weighted by atomic mass is 32.1. The number of hydrogen-bond donors (Lipinski definition) is 2. The summed E-state index contributed by atoms with van der Waals surface area (Å²) in [5.74, 6) is -1.86. The minimum absolute atomic E-state index is 0.0685. The standard InChI is InChI=1S/C13H9F3N2S/c14-7-1-4-10(15)12(5-7)18-8-2-3-9(13(17)19)11(16)6-8/h1-6,18H,(H2,17,19). The Hall–Kier alpha value is -2.08. The normalized spacial score (nSPS) is 10.3. The van der Waals surface area contributed by atoms with E-state index in [-0.39, 0.29) is 21.9 Å². The van der Waals surface area contributed by atoms with Crippen LogP contribution in [0.15, 0.2) is 36.4 Å². The van der Waals surface area contributed by atoms with Crippen molar-refractivity contribution in [2.75, 3.05) is 5.32 Å². The van der Waals surface area contributed by atoms with E-state index < -0.39 is 17.5 Å². The zero-order chi connectivity index (χ0) is 14.0. The molecule has 0 spiro atoms. The Balaban J connectivity index is 2.31. The molecule has 0 amide bonds. The second-order valence-electron chi connectivity index (χ2n) is 3.81. The monoisotopic (exact) mass is 282 g/mol. The van der Waals surface area contributed by atoms with Gasteiger partial charge in [0.1, 0.15) is 22.4 Å². The molecule has 98 valence electrons. The molecule has 0 saturated heterocycles. The zero-order valence-electron chi connectivity index (χ0n) is 9.58. The maximum atomic E-state index is 13.6. The molecule has 6 heteroatoms. The van der Waals surface area contributed by atoms with E-state index in [2.05, 4.69) is 17.5 Å². The average molecular weight is 282 g/mol. The van der Waals surface area contributed by atoms with Crippen LogP contribution in [0.4, 0.5) is 24.5 Å². The molecule has 0 bridgehead atoms. The third kappa shape index (κ3) is 3.03. The van der Waals surface area contributed by atoms with Crippen molar-refractivity contribution in [3.8, 4) is 0 Å². The van der Waals surface area contributed by atoms with Gasteiger partial charge in [-0.2, -0.15) is 0 Å². The number of nitrogens with one attached hydrogen (secondary N) is 1. The fraction of sp³-hybridized carbons (Fsp3) is 0. The van der Waals surface area contributed by atoms with Crippen molar-refractivity contribution >= 4 is 28.6 Å². The first kappa shape index (κ1) is 13.4. The van der Waals surface area contributed by atoms with Crippen LogP contribution in [0.25, 0.3) is 0 Å². The van der Waals surface area contributed by atoms with Gasteiger partial charge in [-0.3, -0.25) is 0 Å². The number of hydrogen-bond acceptors (Lipinski definition) is 2. The first-order valence-corrected chi connectivity index (χ1v) is 5.69. The van der Waals surface area contributed by atoms with Crippen LogP contribution in [0.2, 0.25) is 0 Å². The molecule has 0 radical (unpaired) electrons. The Labute approximate surface area is 113 Å². The molecule has 0 aliphatic heterocycles. The van der Waals surface area contributed by atoms with Crippen molar-refractivity contribution in [3.63, 3.8) is 0 Å². The summed E-state index contributed by atoms with van der Waals surface area (Å²) in [7, 11) is 0. The average Bonchev–Trinajstić information content (AvgIpc) is 2.33. The first-order valence-electron chi connectivity index (χ1n) is 5.29. The lowest BCUT2D eigenvalue weighted by molar-refractivity contribution is 0.603. The topological polar surface area (TPSA) is 38.0 Å². The van der Waals surface area contributed by atoms with E-state index in [0.717, 1.165) is 24.3 Å². The van der Waals surface area contributed by atoms with Crippen molar-refractivity contribution in [1.82, 2.24) is 0 Å². The SMILES string of the molecule is NC(=S)c1ccc(Nc2cc(F)ccc2F)cc1F. The molecule has 0 atom stereocenters. The highest BCUT2D eigenvalue weighted by Gasteiger charge is 2.08. The molecule has 2 nitrogen and oxygen atoms in total. The van der Waals surface area contributed by atoms with Crippen LogP contribution in [-0.4, -0.2) is 4.99 Å². The predicted octanol–water partition coefficient (Wildman–Crippen LogP) is 3.48. The summed E-state index contributed by atoms with van der Waals surface area (Å²) in [5, 5.41) is 2.58. The van der Waals surface area contributed by atoms with E-state index in [4.69, 9.17) is 5.73 Å². The molecule has 19 heavy (non-hydrogen) atoms. The number of halogens is 3. The largest absolute Gasteiger partial charge is 0.389 e. The van der Waals surface area contributed by atoms with Crippen molar-refractivity contribution in [2.24, 2.45) is 5.73 Å². The van der Waals surface area contributed by atoms with Crippen molar-refractivity contribution in [2.45, 2.75) is 0 Å². The van der Waals surface area contributed by atoms with E-state index in [1.807, 2.05) is 0 Å². The van der Waals surface area contributed by atoms with E-state index in [1.165, 1.54) is 12.1 Å². The lowest BCUT2D eigenvalue weighted by Crippen LogP contribution is -2.11. The van der Waals surface area contributed by atoms with Crippen LogP contribution < -0.4 is 11.1 Å². The van der Waals surface area contributed by atoms with Gasteiger partial charge in [0.05, 0.1) is 5.69 Å². The molecule has 0 aliphatic rings. The van der Waals surface area contributed by atoms with Crippen molar-refractivity contribution < 1.29 is 13.2 Å². The molecule has 3 N–H and O–H groups in total. The van der Waals surface area contributed by atoms with Crippen molar-refractivity contribution in [3.05, 3.63) is 59.4 Å². The summed E-state index contributed by atoms with van der Waals surface area (Å²) in [6.07, 6.45) is 0. The van der Waals surface area contributed by atoms with Gasteiger partial charge >= 0.3 is 0 Å². The van der Waals surface area contributed by atoms with Crippen LogP contribution >= 0.6 is 12.2 Å². The summed E-state index contributed by atoms with van der Waals surface area (Å²) in [6.45, 7) is 0. The molecule has 2 aromatic carbocycles. The maximum absolute atomic E-state index is 13.6. The smallest absolute Gasteiger partial charge is 0.146 e. The van der Waals surface area contributed by atoms with E-state index in [1.54, 1.807) is 0 Å². The van der Waals surface area contributed by atoms with Crippen LogP contribution in [0.3, 0.4) is 0 Å². The third-order valence-corrected chi connectivity index (χ3v) is 2.66. The number of nitrogens with two attached hydrogens (primary N) is 1. The number of rotatable bonds is 3. The van der Waals surface area contributed by atoms with E-state index >= 15 is 0 Å². The third-order valence-electron chi connectivity index (χ3n) is 2.44. The number of benzene rings is 2. The lowest BCUT2D eigenvalue weighted by Gasteiger charge is -2.09. The second kappa shape index (κ2) is 5.27. The summed E-state index contributed by atoms with van der Waals surface area (Å²) >= 11 is 4.67. The fourth-order valence-corrected chi connectivity index (χ4v) is 1.71. The van der Waals surface area contributed by atoms with Gasteiger partial charge in [-0.05, 0) is 30.3 Å². The Kier molecular flexibility index (Phi) is 3.71. The molecule has 0 unspecified atom stereocenters. The molecular formula is C13H9F3N2S. The Bertz CT molecular complexity index is 644. The van der Waals surface area contributed by atoms with Gasteiger partial charge in [0.2, 0.25) is 0 Å². The lowest BCUT2D eigenvalue weighted by atomic mass is 10.2. The molecule has 0 fully saturated rings. The second-order valence-corrected chi connectivity index (χ2v) is 4.25. The molecule has 2 aromatic rings. The zero-order valence-corrected chi connectivity index (χ0v) is 10.4. The number of thiocarbonyl (C=S) groups is 1. The minimum Gasteiger partial charge on any atom is -0.389 e. The Morgan fingerprint density at radius 3 is 2.37 bits per heavy atom. The van der Waals surface area contributed by atoms with Gasteiger partial charge < -0.3 is 11.1 Å². The maximum Gasteiger partial charge on any atom is 0.146 e. The minimum atomic E-state index is -0.639. The van der Waals surface area contributed by atoms with Crippen LogP contribution in [0.1, 0.15) is 5.56 Å². The predicted molar refractivity (Wildman–Crippen MR) is 71.9 cm³/mol. The van der Waals surface area contributed by atoms with E-state index in [0.29, 0.717) is 0 Å². The summed E-state index contributed by atoms with van der Waals surface area (Å²) < 4.78 is 40.0. The molecule has 0 saturated carbocycles. The molecule has 0 heterocycles. The van der Waals surface area contributed by atoms with Crippen molar-refractivity contribution in [1.29, 1.82) is 0 Å². The van der Waals surface area contributed by atoms with Crippen LogP contribution in [-0.2, 0) is 0 Å². The van der Waals surface area contributed by atoms with Crippen LogP contribution in [0, 0.1) is 17.5 Å². The molecule has 0 aromatic heterocycles. The Morgan fingerprint density at radius 1 is 1.00 bits per heavy atom. The first-order chi connectivity index (χ1) is 8.97. The van der Waals surface area contributed by atoms with Gasteiger partial charge in [-0.15, -0.1) is 0 Å². The molecular weight excluding hydrogens is 273 g/mol.